The molecule has 100 valence electrons. The summed E-state index contributed by atoms with van der Waals surface area (Å²) in [6.45, 7) is 0. The van der Waals surface area contributed by atoms with Gasteiger partial charge in [0.15, 0.2) is 0 Å². The van der Waals surface area contributed by atoms with Crippen molar-refractivity contribution in [3.05, 3.63) is 58.0 Å². The summed E-state index contributed by atoms with van der Waals surface area (Å²) in [6.07, 6.45) is 4.78. The molecule has 0 saturated carbocycles. The number of carbonyl (C=O) groups is 1. The van der Waals surface area contributed by atoms with Crippen LogP contribution in [0.2, 0.25) is 4.34 Å². The van der Waals surface area contributed by atoms with E-state index in [0.717, 1.165) is 15.9 Å². The molecule has 0 aliphatic rings. The topological polar surface area (TPSA) is 46.9 Å². The summed E-state index contributed by atoms with van der Waals surface area (Å²) < 4.78 is 2.30. The average molecular weight is 304 g/mol. The molecule has 0 bridgehead atoms. The number of nitrogens with zero attached hydrogens (tertiary/aromatic N) is 2. The Morgan fingerprint density at radius 1 is 1.30 bits per heavy atom. The maximum absolute atomic E-state index is 11.9. The fourth-order valence-electron chi connectivity index (χ4n) is 1.78. The Hall–Kier alpha value is -2.11. The van der Waals surface area contributed by atoms with Crippen LogP contribution >= 0.6 is 22.9 Å². The minimum Gasteiger partial charge on any atom is -0.268 e. The van der Waals surface area contributed by atoms with E-state index in [1.54, 1.807) is 23.1 Å². The quantitative estimate of drug-likeness (QED) is 0.752. The molecule has 1 aromatic carbocycles. The largest absolute Gasteiger partial charge is 0.268 e. The first-order chi connectivity index (χ1) is 9.72. The normalized spacial score (nSPS) is 11.2. The third kappa shape index (κ3) is 2.74. The van der Waals surface area contributed by atoms with Crippen molar-refractivity contribution >= 4 is 46.0 Å². The second-order valence-electron chi connectivity index (χ2n) is 4.05. The molecular formula is C14H10ClN3OS. The lowest BCUT2D eigenvalue weighted by molar-refractivity contribution is -0.112. The Labute approximate surface area is 124 Å². The number of hydrogen-bond donors (Lipinski definition) is 1. The van der Waals surface area contributed by atoms with Crippen LogP contribution in [0.5, 0.6) is 0 Å². The van der Waals surface area contributed by atoms with E-state index in [4.69, 9.17) is 11.6 Å². The lowest BCUT2D eigenvalue weighted by atomic mass is 10.3. The van der Waals surface area contributed by atoms with Gasteiger partial charge in [-0.05, 0) is 30.3 Å². The van der Waals surface area contributed by atoms with Crippen molar-refractivity contribution in [2.75, 3.05) is 5.43 Å². The second kappa shape index (κ2) is 5.48. The van der Waals surface area contributed by atoms with E-state index in [0.29, 0.717) is 4.34 Å². The highest BCUT2D eigenvalue weighted by Gasteiger charge is 2.03. The monoisotopic (exact) mass is 303 g/mol. The zero-order chi connectivity index (χ0) is 13.9. The van der Waals surface area contributed by atoms with Crippen LogP contribution < -0.4 is 5.43 Å². The van der Waals surface area contributed by atoms with Gasteiger partial charge in [0.25, 0.3) is 5.91 Å². The Morgan fingerprint density at radius 3 is 2.95 bits per heavy atom. The first-order valence-corrected chi connectivity index (χ1v) is 7.08. The van der Waals surface area contributed by atoms with Gasteiger partial charge in [0.1, 0.15) is 6.33 Å². The summed E-state index contributed by atoms with van der Waals surface area (Å²) in [5, 5.41) is 0. The summed E-state index contributed by atoms with van der Waals surface area (Å²) in [4.78, 5) is 17.0. The van der Waals surface area contributed by atoms with Gasteiger partial charge in [-0.15, -0.1) is 11.3 Å². The highest BCUT2D eigenvalue weighted by molar-refractivity contribution is 7.17. The number of thiophene rings is 1. The molecule has 0 radical (unpaired) electrons. The van der Waals surface area contributed by atoms with Gasteiger partial charge in [-0.3, -0.25) is 10.2 Å². The third-order valence-electron chi connectivity index (χ3n) is 2.68. The number of fused-ring (bicyclic) bond motifs is 1. The Kier molecular flexibility index (Phi) is 3.54. The van der Waals surface area contributed by atoms with Gasteiger partial charge in [0.05, 0.1) is 15.4 Å². The van der Waals surface area contributed by atoms with E-state index in [1.165, 1.54) is 17.4 Å². The standard InChI is InChI=1S/C14H10ClN3OS/c15-13-7-5-10(20-13)6-8-14(19)17-18-9-16-11-3-1-2-4-12(11)18/h1-9H,(H,17,19)/b8-6+. The molecular weight excluding hydrogens is 294 g/mol. The molecule has 20 heavy (non-hydrogen) atoms. The van der Waals surface area contributed by atoms with Gasteiger partial charge >= 0.3 is 0 Å². The summed E-state index contributed by atoms with van der Waals surface area (Å²) in [5.74, 6) is -0.224. The first-order valence-electron chi connectivity index (χ1n) is 5.89. The molecule has 0 unspecified atom stereocenters. The molecule has 4 nitrogen and oxygen atoms in total. The number of amides is 1. The van der Waals surface area contributed by atoms with Crippen molar-refractivity contribution < 1.29 is 4.79 Å². The van der Waals surface area contributed by atoms with Crippen molar-refractivity contribution in [1.29, 1.82) is 0 Å². The number of carbonyl (C=O) groups excluding carboxylic acids is 1. The fraction of sp³-hybridized carbons (Fsp3) is 0. The predicted molar refractivity (Wildman–Crippen MR) is 82.5 cm³/mol. The van der Waals surface area contributed by atoms with Crippen molar-refractivity contribution in [3.8, 4) is 0 Å². The molecule has 3 rings (SSSR count). The van der Waals surface area contributed by atoms with Crippen LogP contribution in [0.15, 0.2) is 48.8 Å². The van der Waals surface area contributed by atoms with Gasteiger partial charge in [0.2, 0.25) is 0 Å². The van der Waals surface area contributed by atoms with Gasteiger partial charge < -0.3 is 0 Å². The minimum absolute atomic E-state index is 0.224. The zero-order valence-electron chi connectivity index (χ0n) is 10.3. The molecule has 0 aliphatic heterocycles. The summed E-state index contributed by atoms with van der Waals surface area (Å²) in [7, 11) is 0. The van der Waals surface area contributed by atoms with Gasteiger partial charge in [-0.25, -0.2) is 9.66 Å². The van der Waals surface area contributed by atoms with E-state index < -0.39 is 0 Å². The van der Waals surface area contributed by atoms with Crippen molar-refractivity contribution in [1.82, 2.24) is 9.66 Å². The molecule has 1 N–H and O–H groups in total. The zero-order valence-corrected chi connectivity index (χ0v) is 11.9. The van der Waals surface area contributed by atoms with Gasteiger partial charge in [-0.2, -0.15) is 0 Å². The molecule has 0 aliphatic carbocycles. The summed E-state index contributed by atoms with van der Waals surface area (Å²) in [6, 6.07) is 11.3. The van der Waals surface area contributed by atoms with Gasteiger partial charge in [-0.1, -0.05) is 23.7 Å². The lowest BCUT2D eigenvalue weighted by Gasteiger charge is -2.03. The number of hydrogen-bond acceptors (Lipinski definition) is 3. The van der Waals surface area contributed by atoms with Crippen molar-refractivity contribution in [3.63, 3.8) is 0 Å². The van der Waals surface area contributed by atoms with E-state index in [2.05, 4.69) is 10.4 Å². The molecule has 2 aromatic heterocycles. The number of benzene rings is 1. The highest BCUT2D eigenvalue weighted by atomic mass is 35.5. The van der Waals surface area contributed by atoms with E-state index in [9.17, 15) is 4.79 Å². The summed E-state index contributed by atoms with van der Waals surface area (Å²) in [5.41, 5.74) is 4.43. The van der Waals surface area contributed by atoms with Crippen LogP contribution in [-0.2, 0) is 4.79 Å². The summed E-state index contributed by atoms with van der Waals surface area (Å²) >= 11 is 7.25. The number of para-hydroxylation sites is 2. The first kappa shape index (κ1) is 12.9. The smallest absolute Gasteiger partial charge is 0.262 e. The van der Waals surface area contributed by atoms with Crippen LogP contribution in [-0.4, -0.2) is 15.6 Å². The molecule has 0 atom stereocenters. The molecule has 0 spiro atoms. The van der Waals surface area contributed by atoms with Crippen LogP contribution in [0.3, 0.4) is 0 Å². The average Bonchev–Trinajstić information content (AvgIpc) is 3.04. The molecule has 3 aromatic rings. The van der Waals surface area contributed by atoms with Crippen molar-refractivity contribution in [2.45, 2.75) is 0 Å². The molecule has 0 saturated heterocycles. The van der Waals surface area contributed by atoms with Crippen LogP contribution in [0, 0.1) is 0 Å². The Balaban J connectivity index is 1.74. The minimum atomic E-state index is -0.224. The molecule has 6 heteroatoms. The number of rotatable bonds is 3. The molecule has 2 heterocycles. The van der Waals surface area contributed by atoms with Crippen LogP contribution in [0.25, 0.3) is 17.1 Å². The van der Waals surface area contributed by atoms with Gasteiger partial charge in [0, 0.05) is 11.0 Å². The van der Waals surface area contributed by atoms with E-state index in [-0.39, 0.29) is 5.91 Å². The lowest BCUT2D eigenvalue weighted by Crippen LogP contribution is -2.19. The van der Waals surface area contributed by atoms with Crippen LogP contribution in [0.1, 0.15) is 4.88 Å². The molecule has 0 fully saturated rings. The van der Waals surface area contributed by atoms with E-state index in [1.807, 2.05) is 30.3 Å². The fourth-order valence-corrected chi connectivity index (χ4v) is 2.74. The number of nitrogens with one attached hydrogen (secondary N) is 1. The Bertz CT molecular complexity index is 790. The van der Waals surface area contributed by atoms with Crippen molar-refractivity contribution in [2.24, 2.45) is 0 Å². The number of aromatic nitrogens is 2. The maximum atomic E-state index is 11.9. The van der Waals surface area contributed by atoms with E-state index >= 15 is 0 Å². The predicted octanol–water partition coefficient (Wildman–Crippen LogP) is 3.53. The third-order valence-corrected chi connectivity index (χ3v) is 3.87. The van der Waals surface area contributed by atoms with Crippen LogP contribution in [0.4, 0.5) is 0 Å². The maximum Gasteiger partial charge on any atom is 0.262 e. The molecule has 1 amide bonds. The second-order valence-corrected chi connectivity index (χ2v) is 5.80. The SMILES string of the molecule is O=C(/C=C/c1ccc(Cl)s1)Nn1cnc2ccccc21. The highest BCUT2D eigenvalue weighted by Crippen LogP contribution is 2.22. The number of halogens is 1. The number of imidazole rings is 1. The Morgan fingerprint density at radius 2 is 2.15 bits per heavy atom.